The zero-order valence-electron chi connectivity index (χ0n) is 7.88. The highest BCUT2D eigenvalue weighted by Crippen LogP contribution is 2.25. The Hall–Kier alpha value is -1.82. The maximum absolute atomic E-state index is 5.75. The van der Waals surface area contributed by atoms with E-state index in [1.165, 1.54) is 24.3 Å². The van der Waals surface area contributed by atoms with Crippen molar-refractivity contribution in [3.63, 3.8) is 0 Å². The molecule has 0 aliphatic heterocycles. The Labute approximate surface area is 90.7 Å². The van der Waals surface area contributed by atoms with Crippen molar-refractivity contribution in [3.05, 3.63) is 23.7 Å². The molecule has 7 heteroatoms. The van der Waals surface area contributed by atoms with Crippen molar-refractivity contribution >= 4 is 17.4 Å². The summed E-state index contributed by atoms with van der Waals surface area (Å²) in [6, 6.07) is 0. The number of nitrogens with two attached hydrogens (primary N) is 1. The van der Waals surface area contributed by atoms with Gasteiger partial charge in [0.2, 0.25) is 11.6 Å². The summed E-state index contributed by atoms with van der Waals surface area (Å²) in [5, 5.41) is 4.50. The van der Waals surface area contributed by atoms with E-state index in [1.54, 1.807) is 6.20 Å². The van der Waals surface area contributed by atoms with Crippen LogP contribution in [-0.2, 0) is 0 Å². The molecular weight excluding hydrogens is 218 g/mol. The number of nitrogen functional groups attached to an aromatic ring is 1. The predicted octanol–water partition coefficient (Wildman–Crippen LogP) is 0.906. The first kappa shape index (κ1) is 9.72. The third kappa shape index (κ3) is 1.71. The Bertz CT molecular complexity index is 484. The standard InChI is InChI=1S/C8H8ClN5O/c1-15-6-7(10)11-4-12-8(6)14-3-5(9)2-13-14/h2-4H,1H3,(H2,10,11,12). The third-order valence-electron chi connectivity index (χ3n) is 1.78. The molecule has 0 aliphatic carbocycles. The maximum atomic E-state index is 5.75. The SMILES string of the molecule is COc1c(N)ncnc1-n1cc(Cl)cn1. The van der Waals surface area contributed by atoms with E-state index in [1.807, 2.05) is 0 Å². The van der Waals surface area contributed by atoms with Gasteiger partial charge in [-0.25, -0.2) is 14.6 Å². The number of ether oxygens (including phenoxy) is 1. The molecule has 15 heavy (non-hydrogen) atoms. The van der Waals surface area contributed by atoms with Gasteiger partial charge in [-0.3, -0.25) is 0 Å². The Kier molecular flexibility index (Phi) is 2.42. The minimum atomic E-state index is 0.258. The molecule has 0 radical (unpaired) electrons. The van der Waals surface area contributed by atoms with E-state index < -0.39 is 0 Å². The number of hydrogen-bond acceptors (Lipinski definition) is 5. The lowest BCUT2D eigenvalue weighted by molar-refractivity contribution is 0.409. The molecule has 0 aromatic carbocycles. The normalized spacial score (nSPS) is 10.3. The fourth-order valence-corrected chi connectivity index (χ4v) is 1.29. The van der Waals surface area contributed by atoms with Crippen molar-refractivity contribution in [2.75, 3.05) is 12.8 Å². The molecule has 6 nitrogen and oxygen atoms in total. The number of nitrogens with zero attached hydrogens (tertiary/aromatic N) is 4. The van der Waals surface area contributed by atoms with Crippen LogP contribution in [0.25, 0.3) is 5.82 Å². The van der Waals surface area contributed by atoms with Crippen molar-refractivity contribution in [1.82, 2.24) is 19.7 Å². The summed E-state index contributed by atoms with van der Waals surface area (Å²) in [4.78, 5) is 7.83. The fraction of sp³-hybridized carbons (Fsp3) is 0.125. The quantitative estimate of drug-likeness (QED) is 0.822. The van der Waals surface area contributed by atoms with Gasteiger partial charge in [0, 0.05) is 0 Å². The van der Waals surface area contributed by atoms with Gasteiger partial charge in [-0.2, -0.15) is 5.10 Å². The highest BCUT2D eigenvalue weighted by atomic mass is 35.5. The molecule has 2 rings (SSSR count). The van der Waals surface area contributed by atoms with E-state index in [4.69, 9.17) is 22.1 Å². The Morgan fingerprint density at radius 1 is 1.47 bits per heavy atom. The van der Waals surface area contributed by atoms with E-state index in [0.29, 0.717) is 16.6 Å². The molecule has 0 aliphatic rings. The molecule has 2 heterocycles. The summed E-state index contributed by atoms with van der Waals surface area (Å²) in [7, 11) is 1.49. The van der Waals surface area contributed by atoms with Gasteiger partial charge >= 0.3 is 0 Å². The molecule has 0 saturated heterocycles. The summed E-state index contributed by atoms with van der Waals surface area (Å²) in [6.07, 6.45) is 4.44. The molecule has 0 bridgehead atoms. The molecule has 2 N–H and O–H groups in total. The molecule has 0 amide bonds. The van der Waals surface area contributed by atoms with Crippen LogP contribution < -0.4 is 10.5 Å². The van der Waals surface area contributed by atoms with Crippen molar-refractivity contribution in [2.24, 2.45) is 0 Å². The van der Waals surface area contributed by atoms with Crippen LogP contribution in [0.2, 0.25) is 5.02 Å². The third-order valence-corrected chi connectivity index (χ3v) is 1.98. The molecule has 0 atom stereocenters. The van der Waals surface area contributed by atoms with Gasteiger partial charge in [-0.15, -0.1) is 0 Å². The van der Waals surface area contributed by atoms with Crippen molar-refractivity contribution in [1.29, 1.82) is 0 Å². The molecule has 0 spiro atoms. The number of hydrogen-bond donors (Lipinski definition) is 1. The van der Waals surface area contributed by atoms with E-state index >= 15 is 0 Å². The van der Waals surface area contributed by atoms with Crippen molar-refractivity contribution < 1.29 is 4.74 Å². The van der Waals surface area contributed by atoms with E-state index in [0.717, 1.165) is 0 Å². The second kappa shape index (κ2) is 3.74. The second-order valence-corrected chi connectivity index (χ2v) is 3.16. The van der Waals surface area contributed by atoms with E-state index in [-0.39, 0.29) is 5.82 Å². The van der Waals surface area contributed by atoms with Gasteiger partial charge < -0.3 is 10.5 Å². The lowest BCUT2D eigenvalue weighted by atomic mass is 10.5. The van der Waals surface area contributed by atoms with Crippen molar-refractivity contribution in [3.8, 4) is 11.6 Å². The number of rotatable bonds is 2. The second-order valence-electron chi connectivity index (χ2n) is 2.72. The first-order chi connectivity index (χ1) is 7.22. The fourth-order valence-electron chi connectivity index (χ4n) is 1.15. The zero-order valence-corrected chi connectivity index (χ0v) is 8.64. The zero-order chi connectivity index (χ0) is 10.8. The smallest absolute Gasteiger partial charge is 0.206 e. The van der Waals surface area contributed by atoms with Gasteiger partial charge in [0.25, 0.3) is 0 Å². The Morgan fingerprint density at radius 3 is 2.87 bits per heavy atom. The van der Waals surface area contributed by atoms with Crippen LogP contribution in [0.15, 0.2) is 18.7 Å². The summed E-state index contributed by atoms with van der Waals surface area (Å²) in [6.45, 7) is 0. The summed E-state index contributed by atoms with van der Waals surface area (Å²) < 4.78 is 6.56. The van der Waals surface area contributed by atoms with Gasteiger partial charge in [-0.1, -0.05) is 11.6 Å². The van der Waals surface area contributed by atoms with Crippen LogP contribution >= 0.6 is 11.6 Å². The van der Waals surface area contributed by atoms with Crippen LogP contribution in [0, 0.1) is 0 Å². The van der Waals surface area contributed by atoms with Gasteiger partial charge in [0.15, 0.2) is 5.82 Å². The van der Waals surface area contributed by atoms with Crippen molar-refractivity contribution in [2.45, 2.75) is 0 Å². The minimum Gasteiger partial charge on any atom is -0.490 e. The number of halogens is 1. The maximum Gasteiger partial charge on any atom is 0.206 e. The monoisotopic (exact) mass is 225 g/mol. The summed E-state index contributed by atoms with van der Waals surface area (Å²) in [5.41, 5.74) is 5.63. The average molecular weight is 226 g/mol. The molecule has 2 aromatic heterocycles. The number of aromatic nitrogens is 4. The van der Waals surface area contributed by atoms with E-state index in [9.17, 15) is 0 Å². The predicted molar refractivity (Wildman–Crippen MR) is 55.1 cm³/mol. The minimum absolute atomic E-state index is 0.258. The first-order valence-electron chi connectivity index (χ1n) is 4.07. The lowest BCUT2D eigenvalue weighted by Gasteiger charge is -2.07. The Morgan fingerprint density at radius 2 is 2.27 bits per heavy atom. The largest absolute Gasteiger partial charge is 0.490 e. The van der Waals surface area contributed by atoms with Gasteiger partial charge in [-0.05, 0) is 0 Å². The average Bonchev–Trinajstić information content (AvgIpc) is 2.64. The Balaban J connectivity index is 2.57. The van der Waals surface area contributed by atoms with Crippen LogP contribution in [0.4, 0.5) is 5.82 Å². The molecular formula is C8H8ClN5O. The summed E-state index contributed by atoms with van der Waals surface area (Å²) >= 11 is 5.75. The molecule has 2 aromatic rings. The van der Waals surface area contributed by atoms with Gasteiger partial charge in [0.1, 0.15) is 6.33 Å². The number of anilines is 1. The molecule has 0 unspecified atom stereocenters. The number of methoxy groups -OCH3 is 1. The van der Waals surface area contributed by atoms with Gasteiger partial charge in [0.05, 0.1) is 24.5 Å². The van der Waals surface area contributed by atoms with E-state index in [2.05, 4.69) is 15.1 Å². The highest BCUT2D eigenvalue weighted by molar-refractivity contribution is 6.30. The van der Waals surface area contributed by atoms with Crippen LogP contribution in [0.1, 0.15) is 0 Å². The highest BCUT2D eigenvalue weighted by Gasteiger charge is 2.12. The topological polar surface area (TPSA) is 78.9 Å². The van der Waals surface area contributed by atoms with Crippen LogP contribution in [0.3, 0.4) is 0 Å². The summed E-state index contributed by atoms with van der Waals surface area (Å²) in [5.74, 6) is 1.09. The first-order valence-corrected chi connectivity index (χ1v) is 4.45. The molecule has 0 fully saturated rings. The lowest BCUT2D eigenvalue weighted by Crippen LogP contribution is -2.05. The molecule has 0 saturated carbocycles. The molecule has 78 valence electrons. The van der Waals surface area contributed by atoms with Crippen LogP contribution in [0.5, 0.6) is 5.75 Å². The van der Waals surface area contributed by atoms with Crippen LogP contribution in [-0.4, -0.2) is 26.9 Å².